The van der Waals surface area contributed by atoms with Gasteiger partial charge in [-0.25, -0.2) is 0 Å². The fourth-order valence-corrected chi connectivity index (χ4v) is 3.19. The highest BCUT2D eigenvalue weighted by Crippen LogP contribution is 2.16. The van der Waals surface area contributed by atoms with Gasteiger partial charge >= 0.3 is 0 Å². The van der Waals surface area contributed by atoms with Gasteiger partial charge in [0.25, 0.3) is 0 Å². The molecule has 1 aliphatic rings. The average molecular weight is 372 g/mol. The molecule has 0 saturated carbocycles. The van der Waals surface area contributed by atoms with Crippen LogP contribution in [0.2, 0.25) is 0 Å². The monoisotopic (exact) mass is 371 g/mol. The van der Waals surface area contributed by atoms with Gasteiger partial charge in [-0.2, -0.15) is 0 Å². The summed E-state index contributed by atoms with van der Waals surface area (Å²) in [4.78, 5) is 9.16. The van der Waals surface area contributed by atoms with Gasteiger partial charge in [0.1, 0.15) is 6.23 Å². The van der Waals surface area contributed by atoms with Crippen LogP contribution in [-0.2, 0) is 11.2 Å². The SMILES string of the molecule is CCCCCCCOC1C=CC(c2cnc(CCCCCCC)cn2)=CN1. The summed E-state index contributed by atoms with van der Waals surface area (Å²) in [6, 6.07) is 0. The lowest BCUT2D eigenvalue weighted by atomic mass is 10.1. The summed E-state index contributed by atoms with van der Waals surface area (Å²) < 4.78 is 5.86. The molecule has 1 aromatic heterocycles. The zero-order valence-electron chi connectivity index (χ0n) is 17.3. The number of hydrogen-bond acceptors (Lipinski definition) is 4. The molecule has 0 spiro atoms. The topological polar surface area (TPSA) is 47.0 Å². The van der Waals surface area contributed by atoms with Crippen molar-refractivity contribution in [3.63, 3.8) is 0 Å². The minimum atomic E-state index is -0.0321. The second-order valence-corrected chi connectivity index (χ2v) is 7.39. The van der Waals surface area contributed by atoms with Crippen LogP contribution in [0.5, 0.6) is 0 Å². The zero-order chi connectivity index (χ0) is 19.2. The Morgan fingerprint density at radius 3 is 2.26 bits per heavy atom. The van der Waals surface area contributed by atoms with Crippen LogP contribution >= 0.6 is 0 Å². The molecular weight excluding hydrogens is 334 g/mol. The molecule has 0 fully saturated rings. The van der Waals surface area contributed by atoms with Crippen molar-refractivity contribution in [2.24, 2.45) is 0 Å². The highest BCUT2D eigenvalue weighted by molar-refractivity contribution is 5.71. The first-order chi connectivity index (χ1) is 13.3. The van der Waals surface area contributed by atoms with Crippen molar-refractivity contribution in [1.29, 1.82) is 0 Å². The van der Waals surface area contributed by atoms with E-state index in [2.05, 4.69) is 41.3 Å². The maximum atomic E-state index is 5.86. The Balaban J connectivity index is 1.67. The van der Waals surface area contributed by atoms with Gasteiger partial charge in [-0.15, -0.1) is 0 Å². The quantitative estimate of drug-likeness (QED) is 0.420. The van der Waals surface area contributed by atoms with Crippen molar-refractivity contribution in [3.05, 3.63) is 42.1 Å². The molecule has 0 saturated heterocycles. The molecule has 0 radical (unpaired) electrons. The first kappa shape index (κ1) is 21.6. The van der Waals surface area contributed by atoms with E-state index in [9.17, 15) is 0 Å². The fraction of sp³-hybridized carbons (Fsp3) is 0.652. The molecule has 1 N–H and O–H groups in total. The Morgan fingerprint density at radius 2 is 1.63 bits per heavy atom. The van der Waals surface area contributed by atoms with E-state index in [0.29, 0.717) is 0 Å². The standard InChI is InChI=1S/C23H37N3O/c1-3-5-7-9-11-13-21-18-25-22(19-24-21)20-14-15-23(26-17-20)27-16-12-10-8-6-4-2/h14-15,17-19,23,26H,3-13,16H2,1-2H3. The molecule has 1 atom stereocenters. The molecule has 0 aliphatic carbocycles. The molecular formula is C23H37N3O. The van der Waals surface area contributed by atoms with E-state index in [1.165, 1.54) is 57.8 Å². The van der Waals surface area contributed by atoms with Gasteiger partial charge in [-0.1, -0.05) is 71.3 Å². The maximum Gasteiger partial charge on any atom is 0.146 e. The van der Waals surface area contributed by atoms with Gasteiger partial charge in [-0.3, -0.25) is 9.97 Å². The molecule has 0 amide bonds. The lowest BCUT2D eigenvalue weighted by Gasteiger charge is -2.19. The summed E-state index contributed by atoms with van der Waals surface area (Å²) in [6.07, 6.45) is 23.7. The molecule has 0 aromatic carbocycles. The van der Waals surface area contributed by atoms with Crippen LogP contribution in [0.4, 0.5) is 0 Å². The van der Waals surface area contributed by atoms with E-state index < -0.39 is 0 Å². The van der Waals surface area contributed by atoms with Crippen molar-refractivity contribution in [1.82, 2.24) is 15.3 Å². The Kier molecular flexibility index (Phi) is 10.8. The molecule has 1 aliphatic heterocycles. The minimum absolute atomic E-state index is 0.0321. The van der Waals surface area contributed by atoms with E-state index >= 15 is 0 Å². The second-order valence-electron chi connectivity index (χ2n) is 7.39. The normalized spacial score (nSPS) is 16.2. The second kappa shape index (κ2) is 13.5. The van der Waals surface area contributed by atoms with Crippen molar-refractivity contribution in [3.8, 4) is 0 Å². The molecule has 27 heavy (non-hydrogen) atoms. The van der Waals surface area contributed by atoms with Crippen LogP contribution in [0.1, 0.15) is 89.4 Å². The summed E-state index contributed by atoms with van der Waals surface area (Å²) in [7, 11) is 0. The van der Waals surface area contributed by atoms with E-state index in [1.807, 2.05) is 18.6 Å². The van der Waals surface area contributed by atoms with Crippen LogP contribution in [0.3, 0.4) is 0 Å². The Hall–Kier alpha value is -1.68. The summed E-state index contributed by atoms with van der Waals surface area (Å²) in [6.45, 7) is 5.29. The molecule has 1 unspecified atom stereocenters. The van der Waals surface area contributed by atoms with Crippen LogP contribution in [0, 0.1) is 0 Å². The number of aryl methyl sites for hydroxylation is 1. The number of ether oxygens (including phenoxy) is 1. The maximum absolute atomic E-state index is 5.86. The molecule has 2 heterocycles. The van der Waals surface area contributed by atoms with Crippen molar-refractivity contribution >= 4 is 5.57 Å². The lowest BCUT2D eigenvalue weighted by molar-refractivity contribution is 0.0682. The van der Waals surface area contributed by atoms with Gasteiger partial charge < -0.3 is 10.1 Å². The van der Waals surface area contributed by atoms with Crippen LogP contribution < -0.4 is 5.32 Å². The third-order valence-electron chi connectivity index (χ3n) is 4.94. The van der Waals surface area contributed by atoms with Gasteiger partial charge in [0, 0.05) is 24.6 Å². The molecule has 150 valence electrons. The van der Waals surface area contributed by atoms with Crippen LogP contribution in [0.15, 0.2) is 30.7 Å². The molecule has 0 bridgehead atoms. The molecule has 4 nitrogen and oxygen atoms in total. The number of unbranched alkanes of at least 4 members (excludes halogenated alkanes) is 8. The van der Waals surface area contributed by atoms with E-state index in [1.54, 1.807) is 0 Å². The number of nitrogens with one attached hydrogen (secondary N) is 1. The largest absolute Gasteiger partial charge is 0.362 e. The first-order valence-electron chi connectivity index (χ1n) is 10.9. The average Bonchev–Trinajstić information content (AvgIpc) is 2.71. The highest BCUT2D eigenvalue weighted by atomic mass is 16.5. The fourth-order valence-electron chi connectivity index (χ4n) is 3.19. The number of aromatic nitrogens is 2. The van der Waals surface area contributed by atoms with E-state index in [4.69, 9.17) is 4.74 Å². The highest BCUT2D eigenvalue weighted by Gasteiger charge is 2.10. The lowest BCUT2D eigenvalue weighted by Crippen LogP contribution is -2.28. The minimum Gasteiger partial charge on any atom is -0.362 e. The van der Waals surface area contributed by atoms with Crippen molar-refractivity contribution in [2.45, 2.75) is 90.7 Å². The number of dihydropyridines is 1. The zero-order valence-corrected chi connectivity index (χ0v) is 17.3. The summed E-state index contributed by atoms with van der Waals surface area (Å²) in [5.74, 6) is 0. The summed E-state index contributed by atoms with van der Waals surface area (Å²) in [5.41, 5.74) is 3.05. The number of nitrogens with zero attached hydrogens (tertiary/aromatic N) is 2. The third-order valence-corrected chi connectivity index (χ3v) is 4.94. The third kappa shape index (κ3) is 8.70. The van der Waals surface area contributed by atoms with Gasteiger partial charge in [-0.05, 0) is 25.3 Å². The van der Waals surface area contributed by atoms with Gasteiger partial charge in [0.05, 0.1) is 17.6 Å². The van der Waals surface area contributed by atoms with Gasteiger partial charge in [0.15, 0.2) is 0 Å². The first-order valence-corrected chi connectivity index (χ1v) is 10.9. The molecule has 4 heteroatoms. The Morgan fingerprint density at radius 1 is 0.889 bits per heavy atom. The number of hydrogen-bond donors (Lipinski definition) is 1. The predicted molar refractivity (Wildman–Crippen MR) is 113 cm³/mol. The number of allylic oxidation sites excluding steroid dienone is 2. The van der Waals surface area contributed by atoms with Crippen molar-refractivity contribution < 1.29 is 4.74 Å². The van der Waals surface area contributed by atoms with Crippen molar-refractivity contribution in [2.75, 3.05) is 6.61 Å². The van der Waals surface area contributed by atoms with Crippen LogP contribution in [0.25, 0.3) is 5.57 Å². The summed E-state index contributed by atoms with van der Waals surface area (Å²) >= 11 is 0. The Bertz CT molecular complexity index is 565. The van der Waals surface area contributed by atoms with E-state index in [0.717, 1.165) is 36.4 Å². The Labute approximate surface area is 165 Å². The van der Waals surface area contributed by atoms with Crippen LogP contribution in [-0.4, -0.2) is 22.8 Å². The van der Waals surface area contributed by atoms with E-state index in [-0.39, 0.29) is 6.23 Å². The predicted octanol–water partition coefficient (Wildman–Crippen LogP) is 5.80. The number of rotatable bonds is 14. The van der Waals surface area contributed by atoms with Gasteiger partial charge in [0.2, 0.25) is 0 Å². The smallest absolute Gasteiger partial charge is 0.146 e. The molecule has 1 aromatic rings. The summed E-state index contributed by atoms with van der Waals surface area (Å²) in [5, 5.41) is 3.30. The molecule has 2 rings (SSSR count).